The molecule has 1 aromatic rings. The monoisotopic (exact) mass is 242 g/mol. The molecule has 0 heterocycles. The normalized spacial score (nSPS) is 11.8. The van der Waals surface area contributed by atoms with E-state index in [0.29, 0.717) is 23.0 Å². The lowest BCUT2D eigenvalue weighted by atomic mass is 10.2. The second kappa shape index (κ2) is 6.20. The first kappa shape index (κ1) is 13.4. The maximum absolute atomic E-state index is 9.16. The summed E-state index contributed by atoms with van der Waals surface area (Å²) < 4.78 is 20.9. The van der Waals surface area contributed by atoms with Crippen LogP contribution in [-0.4, -0.2) is 39.1 Å². The summed E-state index contributed by atoms with van der Waals surface area (Å²) in [5.41, 5.74) is 0. The first-order valence-electron chi connectivity index (χ1n) is 5.23. The second-order valence-corrected chi connectivity index (χ2v) is 3.52. The molecule has 0 aromatic heterocycles. The van der Waals surface area contributed by atoms with Crippen molar-refractivity contribution in [3.63, 3.8) is 0 Å². The highest BCUT2D eigenvalue weighted by atomic mass is 16.5. The van der Waals surface area contributed by atoms with E-state index in [1.807, 2.05) is 0 Å². The number of aliphatic hydroxyl groups is 1. The third kappa shape index (κ3) is 3.42. The fourth-order valence-electron chi connectivity index (χ4n) is 1.36. The zero-order valence-corrected chi connectivity index (χ0v) is 10.5. The molecular formula is C12H18O5. The topological polar surface area (TPSA) is 57.2 Å². The van der Waals surface area contributed by atoms with E-state index in [2.05, 4.69) is 0 Å². The summed E-state index contributed by atoms with van der Waals surface area (Å²) in [7, 11) is 4.61. The van der Waals surface area contributed by atoms with Crippen molar-refractivity contribution in [2.75, 3.05) is 27.9 Å². The van der Waals surface area contributed by atoms with Crippen molar-refractivity contribution in [1.82, 2.24) is 0 Å². The summed E-state index contributed by atoms with van der Waals surface area (Å²) in [4.78, 5) is 0. The van der Waals surface area contributed by atoms with Crippen molar-refractivity contribution in [2.45, 2.75) is 13.0 Å². The molecule has 1 rings (SSSR count). The fourth-order valence-corrected chi connectivity index (χ4v) is 1.36. The van der Waals surface area contributed by atoms with Crippen LogP contribution < -0.4 is 18.9 Å². The minimum absolute atomic E-state index is 0.207. The molecule has 0 amide bonds. The molecule has 0 saturated heterocycles. The lowest BCUT2D eigenvalue weighted by molar-refractivity contribution is 0.122. The molecule has 0 aliphatic heterocycles. The lowest BCUT2D eigenvalue weighted by Gasteiger charge is -2.15. The summed E-state index contributed by atoms with van der Waals surface area (Å²) in [5.74, 6) is 2.11. The Balaban J connectivity index is 3.00. The molecule has 1 N–H and O–H groups in total. The van der Waals surface area contributed by atoms with Crippen LogP contribution >= 0.6 is 0 Å². The third-order valence-corrected chi connectivity index (χ3v) is 2.13. The Morgan fingerprint density at radius 3 is 1.94 bits per heavy atom. The van der Waals surface area contributed by atoms with Crippen LogP contribution in [0, 0.1) is 0 Å². The molecule has 0 radical (unpaired) electrons. The van der Waals surface area contributed by atoms with Gasteiger partial charge in [0.15, 0.2) is 11.5 Å². The SMILES string of the molecule is COc1cc(OCC(C)O)cc(OC)c1OC. The van der Waals surface area contributed by atoms with Gasteiger partial charge in [-0.1, -0.05) is 0 Å². The first-order valence-corrected chi connectivity index (χ1v) is 5.23. The zero-order chi connectivity index (χ0) is 12.8. The highest BCUT2D eigenvalue weighted by molar-refractivity contribution is 5.55. The Hall–Kier alpha value is -1.62. The van der Waals surface area contributed by atoms with E-state index in [1.165, 1.54) is 21.3 Å². The van der Waals surface area contributed by atoms with Gasteiger partial charge in [0.1, 0.15) is 12.4 Å². The molecule has 0 aliphatic carbocycles. The van der Waals surface area contributed by atoms with Crippen LogP contribution in [0.1, 0.15) is 6.92 Å². The molecule has 17 heavy (non-hydrogen) atoms. The predicted molar refractivity (Wildman–Crippen MR) is 63.3 cm³/mol. The quantitative estimate of drug-likeness (QED) is 0.818. The van der Waals surface area contributed by atoms with E-state index in [0.717, 1.165) is 0 Å². The van der Waals surface area contributed by atoms with E-state index in [1.54, 1.807) is 19.1 Å². The summed E-state index contributed by atoms with van der Waals surface area (Å²) >= 11 is 0. The van der Waals surface area contributed by atoms with Crippen LogP contribution in [-0.2, 0) is 0 Å². The maximum Gasteiger partial charge on any atom is 0.203 e. The molecule has 0 fully saturated rings. The van der Waals surface area contributed by atoms with Crippen molar-refractivity contribution in [1.29, 1.82) is 0 Å². The van der Waals surface area contributed by atoms with Crippen LogP contribution in [0.15, 0.2) is 12.1 Å². The number of methoxy groups -OCH3 is 3. The van der Waals surface area contributed by atoms with Gasteiger partial charge in [-0.15, -0.1) is 0 Å². The van der Waals surface area contributed by atoms with E-state index in [9.17, 15) is 0 Å². The highest BCUT2D eigenvalue weighted by Gasteiger charge is 2.14. The van der Waals surface area contributed by atoms with Crippen molar-refractivity contribution >= 4 is 0 Å². The zero-order valence-electron chi connectivity index (χ0n) is 10.5. The van der Waals surface area contributed by atoms with Gasteiger partial charge in [0.2, 0.25) is 5.75 Å². The van der Waals surface area contributed by atoms with Crippen molar-refractivity contribution in [3.05, 3.63) is 12.1 Å². The highest BCUT2D eigenvalue weighted by Crippen LogP contribution is 2.40. The third-order valence-electron chi connectivity index (χ3n) is 2.13. The van der Waals surface area contributed by atoms with Crippen molar-refractivity contribution in [2.24, 2.45) is 0 Å². The summed E-state index contributed by atoms with van der Waals surface area (Å²) in [6, 6.07) is 3.37. The molecule has 0 bridgehead atoms. The molecule has 1 unspecified atom stereocenters. The summed E-state index contributed by atoms with van der Waals surface area (Å²) in [6.07, 6.45) is -0.533. The van der Waals surface area contributed by atoms with Crippen LogP contribution in [0.2, 0.25) is 0 Å². The van der Waals surface area contributed by atoms with Crippen LogP contribution in [0.3, 0.4) is 0 Å². The fraction of sp³-hybridized carbons (Fsp3) is 0.500. The second-order valence-electron chi connectivity index (χ2n) is 3.52. The van der Waals surface area contributed by atoms with Gasteiger partial charge in [-0.05, 0) is 6.92 Å². The van der Waals surface area contributed by atoms with E-state index < -0.39 is 6.10 Å². The minimum atomic E-state index is -0.533. The maximum atomic E-state index is 9.16. The molecule has 0 aliphatic rings. The van der Waals surface area contributed by atoms with Crippen LogP contribution in [0.5, 0.6) is 23.0 Å². The Morgan fingerprint density at radius 2 is 1.59 bits per heavy atom. The average Bonchev–Trinajstić information content (AvgIpc) is 2.34. The van der Waals surface area contributed by atoms with Gasteiger partial charge in [0, 0.05) is 12.1 Å². The number of aliphatic hydroxyl groups excluding tert-OH is 1. The molecule has 0 spiro atoms. The van der Waals surface area contributed by atoms with Gasteiger partial charge in [-0.25, -0.2) is 0 Å². The Kier molecular flexibility index (Phi) is 4.90. The van der Waals surface area contributed by atoms with E-state index in [-0.39, 0.29) is 6.61 Å². The smallest absolute Gasteiger partial charge is 0.203 e. The van der Waals surface area contributed by atoms with E-state index >= 15 is 0 Å². The number of ether oxygens (including phenoxy) is 4. The van der Waals surface area contributed by atoms with Gasteiger partial charge in [0.05, 0.1) is 27.4 Å². The Morgan fingerprint density at radius 1 is 1.06 bits per heavy atom. The Labute approximate surface area is 101 Å². The largest absolute Gasteiger partial charge is 0.493 e. The standard InChI is InChI=1S/C12H18O5/c1-8(13)7-17-9-5-10(14-2)12(16-4)11(6-9)15-3/h5-6,8,13H,7H2,1-4H3. The lowest BCUT2D eigenvalue weighted by Crippen LogP contribution is -2.12. The van der Waals surface area contributed by atoms with Crippen molar-refractivity contribution < 1.29 is 24.1 Å². The number of hydrogen-bond acceptors (Lipinski definition) is 5. The minimum Gasteiger partial charge on any atom is -0.493 e. The van der Waals surface area contributed by atoms with Gasteiger partial charge in [0.25, 0.3) is 0 Å². The van der Waals surface area contributed by atoms with Crippen LogP contribution in [0.25, 0.3) is 0 Å². The number of benzene rings is 1. The molecule has 1 atom stereocenters. The molecule has 96 valence electrons. The average molecular weight is 242 g/mol. The van der Waals surface area contributed by atoms with Gasteiger partial charge < -0.3 is 24.1 Å². The number of rotatable bonds is 6. The molecular weight excluding hydrogens is 224 g/mol. The summed E-state index contributed by atoms with van der Waals surface area (Å²) in [5, 5.41) is 9.16. The molecule has 5 nitrogen and oxygen atoms in total. The summed E-state index contributed by atoms with van der Waals surface area (Å²) in [6.45, 7) is 1.86. The van der Waals surface area contributed by atoms with Crippen LogP contribution in [0.4, 0.5) is 0 Å². The van der Waals surface area contributed by atoms with Gasteiger partial charge in [-0.3, -0.25) is 0 Å². The first-order chi connectivity index (χ1) is 8.12. The molecule has 0 saturated carbocycles. The molecule has 5 heteroatoms. The van der Waals surface area contributed by atoms with E-state index in [4.69, 9.17) is 24.1 Å². The predicted octanol–water partition coefficient (Wildman–Crippen LogP) is 1.47. The van der Waals surface area contributed by atoms with Gasteiger partial charge in [-0.2, -0.15) is 0 Å². The Bertz CT molecular complexity index is 337. The number of hydrogen-bond donors (Lipinski definition) is 1. The molecule has 1 aromatic carbocycles. The van der Waals surface area contributed by atoms with Gasteiger partial charge >= 0.3 is 0 Å². The van der Waals surface area contributed by atoms with Crippen molar-refractivity contribution in [3.8, 4) is 23.0 Å².